The maximum atomic E-state index is 13.2. The number of benzene rings is 1. The summed E-state index contributed by atoms with van der Waals surface area (Å²) in [5, 5.41) is 14.8. The van der Waals surface area contributed by atoms with Gasteiger partial charge in [-0.2, -0.15) is 0 Å². The Bertz CT molecular complexity index is 1430. The lowest BCUT2D eigenvalue weighted by Crippen LogP contribution is -2.35. The smallest absolute Gasteiger partial charge is 0.276 e. The second-order valence-electron chi connectivity index (χ2n) is 10.5. The average Bonchev–Trinajstić information content (AvgIpc) is 3.41. The van der Waals surface area contributed by atoms with Crippen molar-refractivity contribution in [1.82, 2.24) is 24.5 Å². The van der Waals surface area contributed by atoms with E-state index < -0.39 is 0 Å². The molecule has 1 aliphatic heterocycles. The summed E-state index contributed by atoms with van der Waals surface area (Å²) in [6.07, 6.45) is 8.74. The minimum Gasteiger partial charge on any atom is -0.379 e. The van der Waals surface area contributed by atoms with Gasteiger partial charge in [0, 0.05) is 61.6 Å². The number of imidazole rings is 1. The Kier molecular flexibility index (Phi) is 7.85. The van der Waals surface area contributed by atoms with Crippen LogP contribution in [-0.2, 0) is 11.3 Å². The van der Waals surface area contributed by atoms with Gasteiger partial charge in [-0.3, -0.25) is 14.7 Å². The predicted molar refractivity (Wildman–Crippen MR) is 155 cm³/mol. The number of pyridine rings is 1. The molecule has 1 aliphatic carbocycles. The number of nitrogens with zero attached hydrogens (tertiary/aromatic N) is 5. The van der Waals surface area contributed by atoms with Crippen LogP contribution in [0.3, 0.4) is 0 Å². The lowest BCUT2D eigenvalue weighted by molar-refractivity contribution is 0.0342. The zero-order valence-electron chi connectivity index (χ0n) is 22.4. The van der Waals surface area contributed by atoms with Gasteiger partial charge < -0.3 is 26.4 Å². The van der Waals surface area contributed by atoms with Gasteiger partial charge in [-0.1, -0.05) is 12.1 Å². The number of morpholine rings is 1. The van der Waals surface area contributed by atoms with Crippen LogP contribution in [0.2, 0.25) is 0 Å². The standard InChI is InChI=1S/C29H35N9O2/c30-21-3-7-23(8-4-21)34-27-17-25(33-22-5-1-20(2-6-22)19-37-13-15-40-16-14-37)28-32-18-26(38(28)36-27)29(39)35-24-9-11-31-12-10-24/h1-2,5-6,9-12,17-18,21,23,33H,3-4,7-8,13-16,19,30H2,(H,34,36)(H,31,35,39). The Morgan fingerprint density at radius 3 is 2.50 bits per heavy atom. The van der Waals surface area contributed by atoms with Gasteiger partial charge in [0.1, 0.15) is 5.82 Å². The van der Waals surface area contributed by atoms with Crippen LogP contribution in [0.25, 0.3) is 5.65 Å². The van der Waals surface area contributed by atoms with Crippen LogP contribution in [0.5, 0.6) is 0 Å². The summed E-state index contributed by atoms with van der Waals surface area (Å²) in [4.78, 5) is 24.2. The van der Waals surface area contributed by atoms with Gasteiger partial charge in [-0.15, -0.1) is 5.10 Å². The first kappa shape index (κ1) is 26.2. The summed E-state index contributed by atoms with van der Waals surface area (Å²) in [7, 11) is 0. The van der Waals surface area contributed by atoms with E-state index in [1.54, 1.807) is 35.2 Å². The minimum absolute atomic E-state index is 0.258. The molecule has 4 aromatic rings. The van der Waals surface area contributed by atoms with Crippen LogP contribution in [0.15, 0.2) is 61.1 Å². The number of ether oxygens (including phenoxy) is 1. The third kappa shape index (κ3) is 6.22. The minimum atomic E-state index is -0.301. The SMILES string of the molecule is NC1CCC(Nc2cc(Nc3ccc(CN4CCOCC4)cc3)c3ncc(C(=O)Nc4ccncc4)n3n2)CC1. The van der Waals surface area contributed by atoms with Gasteiger partial charge in [-0.25, -0.2) is 9.50 Å². The van der Waals surface area contributed by atoms with E-state index in [0.29, 0.717) is 22.8 Å². The fraction of sp³-hybridized carbons (Fsp3) is 0.379. The molecule has 5 N–H and O–H groups in total. The molecule has 11 nitrogen and oxygen atoms in total. The highest BCUT2D eigenvalue weighted by Crippen LogP contribution is 2.27. The number of aromatic nitrogens is 4. The lowest BCUT2D eigenvalue weighted by atomic mass is 9.92. The molecule has 4 heterocycles. The van der Waals surface area contributed by atoms with E-state index in [2.05, 4.69) is 55.1 Å². The number of nitrogens with one attached hydrogen (secondary N) is 3. The van der Waals surface area contributed by atoms with Crippen molar-refractivity contribution in [2.45, 2.75) is 44.3 Å². The Morgan fingerprint density at radius 2 is 1.75 bits per heavy atom. The largest absolute Gasteiger partial charge is 0.379 e. The third-order valence-corrected chi connectivity index (χ3v) is 7.51. The van der Waals surface area contributed by atoms with E-state index in [-0.39, 0.29) is 18.0 Å². The quantitative estimate of drug-likeness (QED) is 0.264. The molecule has 11 heteroatoms. The highest BCUT2D eigenvalue weighted by Gasteiger charge is 2.21. The van der Waals surface area contributed by atoms with E-state index in [0.717, 1.165) is 69.9 Å². The first-order valence-electron chi connectivity index (χ1n) is 13.9. The van der Waals surface area contributed by atoms with Crippen molar-refractivity contribution in [1.29, 1.82) is 0 Å². The van der Waals surface area contributed by atoms with Gasteiger partial charge in [-0.05, 0) is 55.5 Å². The van der Waals surface area contributed by atoms with E-state index in [1.807, 2.05) is 6.07 Å². The van der Waals surface area contributed by atoms with Gasteiger partial charge in [0.05, 0.1) is 25.1 Å². The van der Waals surface area contributed by atoms with Crippen molar-refractivity contribution in [3.8, 4) is 0 Å². The van der Waals surface area contributed by atoms with Crippen molar-refractivity contribution in [3.05, 3.63) is 72.3 Å². The van der Waals surface area contributed by atoms with Crippen LogP contribution in [-0.4, -0.2) is 68.8 Å². The topological polar surface area (TPSA) is 135 Å². The second-order valence-corrected chi connectivity index (χ2v) is 10.5. The summed E-state index contributed by atoms with van der Waals surface area (Å²) in [5.74, 6) is 0.376. The molecule has 0 bridgehead atoms. The van der Waals surface area contributed by atoms with Gasteiger partial charge in [0.25, 0.3) is 5.91 Å². The summed E-state index contributed by atoms with van der Waals surface area (Å²) < 4.78 is 7.06. The molecule has 3 aromatic heterocycles. The van der Waals surface area contributed by atoms with Crippen molar-refractivity contribution in [2.75, 3.05) is 42.3 Å². The van der Waals surface area contributed by atoms with Crippen molar-refractivity contribution in [3.63, 3.8) is 0 Å². The zero-order valence-corrected chi connectivity index (χ0v) is 22.4. The molecule has 208 valence electrons. The Labute approximate surface area is 233 Å². The van der Waals surface area contributed by atoms with Crippen molar-refractivity contribution in [2.24, 2.45) is 5.73 Å². The van der Waals surface area contributed by atoms with Gasteiger partial charge in [0.2, 0.25) is 0 Å². The highest BCUT2D eigenvalue weighted by atomic mass is 16.5. The number of hydrogen-bond donors (Lipinski definition) is 4. The monoisotopic (exact) mass is 541 g/mol. The number of nitrogens with two attached hydrogens (primary N) is 1. The zero-order chi connectivity index (χ0) is 27.3. The molecule has 0 atom stereocenters. The van der Waals surface area contributed by atoms with E-state index in [1.165, 1.54) is 5.56 Å². The van der Waals surface area contributed by atoms with Crippen molar-refractivity contribution >= 4 is 34.4 Å². The van der Waals surface area contributed by atoms with Crippen LogP contribution < -0.4 is 21.7 Å². The molecule has 0 spiro atoms. The van der Waals surface area contributed by atoms with E-state index in [4.69, 9.17) is 15.6 Å². The number of amides is 1. The molecule has 0 radical (unpaired) electrons. The maximum absolute atomic E-state index is 13.2. The first-order chi connectivity index (χ1) is 19.6. The lowest BCUT2D eigenvalue weighted by Gasteiger charge is -2.27. The second kappa shape index (κ2) is 12.0. The van der Waals surface area contributed by atoms with Gasteiger partial charge >= 0.3 is 0 Å². The fourth-order valence-corrected chi connectivity index (χ4v) is 5.26. The summed E-state index contributed by atoms with van der Waals surface area (Å²) in [5.41, 5.74) is 10.6. The van der Waals surface area contributed by atoms with Crippen molar-refractivity contribution < 1.29 is 9.53 Å². The molecule has 1 aromatic carbocycles. The van der Waals surface area contributed by atoms with E-state index in [9.17, 15) is 4.79 Å². The molecule has 2 fully saturated rings. The number of carbonyl (C=O) groups excluding carboxylic acids is 1. The molecule has 40 heavy (non-hydrogen) atoms. The Hall–Kier alpha value is -4.06. The summed E-state index contributed by atoms with van der Waals surface area (Å²) in [6.45, 7) is 4.38. The predicted octanol–water partition coefficient (Wildman–Crippen LogP) is 3.63. The number of fused-ring (bicyclic) bond motifs is 1. The highest BCUT2D eigenvalue weighted by molar-refractivity contribution is 6.03. The van der Waals surface area contributed by atoms with Crippen LogP contribution in [0, 0.1) is 0 Å². The van der Waals surface area contributed by atoms with Gasteiger partial charge in [0.15, 0.2) is 11.3 Å². The molecule has 0 unspecified atom stereocenters. The average molecular weight is 542 g/mol. The molecule has 6 rings (SSSR count). The third-order valence-electron chi connectivity index (χ3n) is 7.51. The maximum Gasteiger partial charge on any atom is 0.276 e. The normalized spacial score (nSPS) is 19.8. The first-order valence-corrected chi connectivity index (χ1v) is 13.9. The van der Waals surface area contributed by atoms with Crippen LogP contribution in [0.1, 0.15) is 41.7 Å². The number of carbonyl (C=O) groups is 1. The molecule has 1 saturated carbocycles. The molecule has 1 saturated heterocycles. The number of hydrogen-bond acceptors (Lipinski definition) is 9. The number of rotatable bonds is 8. The molecular weight excluding hydrogens is 506 g/mol. The Morgan fingerprint density at radius 1 is 1.00 bits per heavy atom. The van der Waals surface area contributed by atoms with Crippen LogP contribution in [0.4, 0.5) is 22.9 Å². The van der Waals surface area contributed by atoms with Crippen LogP contribution >= 0.6 is 0 Å². The van der Waals surface area contributed by atoms with E-state index >= 15 is 0 Å². The molecular formula is C29H35N9O2. The Balaban J connectivity index is 1.26. The molecule has 2 aliphatic rings. The number of anilines is 4. The molecule has 1 amide bonds. The summed E-state index contributed by atoms with van der Waals surface area (Å²) >= 11 is 0. The fourth-order valence-electron chi connectivity index (χ4n) is 5.26. The summed E-state index contributed by atoms with van der Waals surface area (Å²) in [6, 6.07) is 14.4.